The maximum atomic E-state index is 10.6. The van der Waals surface area contributed by atoms with E-state index in [1.807, 2.05) is 6.92 Å². The van der Waals surface area contributed by atoms with E-state index in [1.54, 1.807) is 11.3 Å². The van der Waals surface area contributed by atoms with Crippen molar-refractivity contribution in [2.45, 2.75) is 50.3 Å². The Morgan fingerprint density at radius 2 is 2.11 bits per heavy atom. The quantitative estimate of drug-likeness (QED) is 0.860. The average Bonchev–Trinajstić information content (AvgIpc) is 2.88. The summed E-state index contributed by atoms with van der Waals surface area (Å²) in [5.41, 5.74) is 5.65. The van der Waals surface area contributed by atoms with E-state index < -0.39 is 5.60 Å². The van der Waals surface area contributed by atoms with E-state index in [0.717, 1.165) is 29.5 Å². The van der Waals surface area contributed by atoms with Crippen molar-refractivity contribution in [2.75, 3.05) is 13.6 Å². The third kappa shape index (κ3) is 3.79. The van der Waals surface area contributed by atoms with Gasteiger partial charge in [0.2, 0.25) is 0 Å². The highest BCUT2D eigenvalue weighted by atomic mass is 79.9. The van der Waals surface area contributed by atoms with Gasteiger partial charge in [0.25, 0.3) is 0 Å². The Morgan fingerprint density at radius 3 is 2.58 bits per heavy atom. The van der Waals surface area contributed by atoms with Gasteiger partial charge < -0.3 is 10.8 Å². The molecular formula is C14H23BrN2OS. The van der Waals surface area contributed by atoms with Gasteiger partial charge in [0, 0.05) is 17.5 Å². The zero-order valence-corrected chi connectivity index (χ0v) is 14.0. The molecule has 0 aliphatic heterocycles. The van der Waals surface area contributed by atoms with Crippen LogP contribution in [0.25, 0.3) is 0 Å². The molecule has 2 atom stereocenters. The maximum absolute atomic E-state index is 10.6. The molecule has 2 rings (SSSR count). The fourth-order valence-corrected chi connectivity index (χ4v) is 4.82. The number of rotatable bonds is 5. The van der Waals surface area contributed by atoms with Gasteiger partial charge in [-0.1, -0.05) is 12.8 Å². The molecule has 108 valence electrons. The van der Waals surface area contributed by atoms with Crippen molar-refractivity contribution in [1.29, 1.82) is 0 Å². The smallest absolute Gasteiger partial charge is 0.0774 e. The molecule has 1 saturated carbocycles. The predicted molar refractivity (Wildman–Crippen MR) is 84.5 cm³/mol. The van der Waals surface area contributed by atoms with E-state index in [1.165, 1.54) is 4.88 Å². The Morgan fingerprint density at radius 1 is 1.47 bits per heavy atom. The van der Waals surface area contributed by atoms with Crippen LogP contribution in [0.4, 0.5) is 0 Å². The number of thiophene rings is 1. The second-order valence-corrected chi connectivity index (χ2v) is 8.29. The summed E-state index contributed by atoms with van der Waals surface area (Å²) in [6.07, 6.45) is 4.10. The third-order valence-electron chi connectivity index (χ3n) is 3.94. The van der Waals surface area contributed by atoms with Crippen molar-refractivity contribution in [2.24, 2.45) is 5.73 Å². The molecule has 2 unspecified atom stereocenters. The summed E-state index contributed by atoms with van der Waals surface area (Å²) < 4.78 is 1.13. The number of halogens is 1. The molecule has 1 aliphatic rings. The highest BCUT2D eigenvalue weighted by molar-refractivity contribution is 9.11. The lowest BCUT2D eigenvalue weighted by molar-refractivity contribution is 0.00297. The van der Waals surface area contributed by atoms with Crippen molar-refractivity contribution in [3.8, 4) is 0 Å². The Bertz CT molecular complexity index is 415. The van der Waals surface area contributed by atoms with Crippen LogP contribution in [-0.2, 0) is 0 Å². The Labute approximate surface area is 127 Å². The molecule has 1 aliphatic carbocycles. The highest BCUT2D eigenvalue weighted by Crippen LogP contribution is 2.35. The average molecular weight is 347 g/mol. The Hall–Kier alpha value is 0.0600. The third-order valence-corrected chi connectivity index (χ3v) is 5.63. The zero-order chi connectivity index (χ0) is 14.0. The molecule has 0 aromatic carbocycles. The summed E-state index contributed by atoms with van der Waals surface area (Å²) in [5, 5.41) is 10.6. The van der Waals surface area contributed by atoms with Gasteiger partial charge in [-0.3, -0.25) is 4.90 Å². The normalized spacial score (nSPS) is 21.8. The van der Waals surface area contributed by atoms with Gasteiger partial charge in [-0.15, -0.1) is 11.3 Å². The van der Waals surface area contributed by atoms with Crippen molar-refractivity contribution < 1.29 is 5.11 Å². The molecule has 0 bridgehead atoms. The first-order valence-electron chi connectivity index (χ1n) is 6.85. The van der Waals surface area contributed by atoms with E-state index in [2.05, 4.69) is 40.0 Å². The Kier molecular flexibility index (Phi) is 5.06. The van der Waals surface area contributed by atoms with Crippen LogP contribution >= 0.6 is 27.3 Å². The lowest BCUT2D eigenvalue weighted by Gasteiger charge is -2.35. The number of hydrogen-bond donors (Lipinski definition) is 2. The van der Waals surface area contributed by atoms with Gasteiger partial charge in [-0.05, 0) is 54.9 Å². The first-order chi connectivity index (χ1) is 8.91. The number of aliphatic hydroxyl groups is 1. The van der Waals surface area contributed by atoms with E-state index in [9.17, 15) is 5.11 Å². The lowest BCUT2D eigenvalue weighted by atomic mass is 9.99. The minimum atomic E-state index is -0.517. The summed E-state index contributed by atoms with van der Waals surface area (Å²) in [6, 6.07) is 4.40. The predicted octanol–water partition coefficient (Wildman–Crippen LogP) is 3.14. The van der Waals surface area contributed by atoms with Crippen LogP contribution in [-0.4, -0.2) is 35.2 Å². The fraction of sp³-hybridized carbons (Fsp3) is 0.714. The standard InChI is InChI=1S/C14H23BrN2OS/c1-10(16)13(11-5-6-12(15)19-11)17(2)9-14(18)7-3-4-8-14/h5-6,10,13,18H,3-4,7-9,16H2,1-2H3. The molecule has 0 amide bonds. The molecule has 0 radical (unpaired) electrons. The molecule has 0 saturated heterocycles. The fourth-order valence-electron chi connectivity index (χ4n) is 3.12. The van der Waals surface area contributed by atoms with Crippen LogP contribution in [0.5, 0.6) is 0 Å². The summed E-state index contributed by atoms with van der Waals surface area (Å²) in [7, 11) is 2.07. The number of hydrogen-bond acceptors (Lipinski definition) is 4. The van der Waals surface area contributed by atoms with Gasteiger partial charge in [0.15, 0.2) is 0 Å². The van der Waals surface area contributed by atoms with E-state index in [-0.39, 0.29) is 12.1 Å². The van der Waals surface area contributed by atoms with E-state index in [4.69, 9.17) is 5.73 Å². The summed E-state index contributed by atoms with van der Waals surface area (Å²) in [6.45, 7) is 2.74. The summed E-state index contributed by atoms with van der Waals surface area (Å²) in [4.78, 5) is 3.47. The molecule has 19 heavy (non-hydrogen) atoms. The monoisotopic (exact) mass is 346 g/mol. The number of nitrogens with two attached hydrogens (primary N) is 1. The first-order valence-corrected chi connectivity index (χ1v) is 8.46. The van der Waals surface area contributed by atoms with Crippen LogP contribution in [0, 0.1) is 0 Å². The molecule has 3 nitrogen and oxygen atoms in total. The van der Waals surface area contributed by atoms with Crippen molar-refractivity contribution >= 4 is 27.3 Å². The first kappa shape index (κ1) is 15.4. The molecule has 5 heteroatoms. The molecule has 1 heterocycles. The minimum absolute atomic E-state index is 0.0422. The van der Waals surface area contributed by atoms with Gasteiger partial charge in [-0.2, -0.15) is 0 Å². The molecule has 1 fully saturated rings. The molecule has 1 aromatic rings. The molecular weight excluding hydrogens is 324 g/mol. The Balaban J connectivity index is 2.10. The van der Waals surface area contributed by atoms with Crippen LogP contribution in [0.1, 0.15) is 43.5 Å². The van der Waals surface area contributed by atoms with Crippen LogP contribution < -0.4 is 5.73 Å². The summed E-state index contributed by atoms with van der Waals surface area (Å²) >= 11 is 5.23. The number of likely N-dealkylation sites (N-methyl/N-ethyl adjacent to an activating group) is 1. The van der Waals surface area contributed by atoms with Crippen LogP contribution in [0.3, 0.4) is 0 Å². The molecule has 3 N–H and O–H groups in total. The second kappa shape index (κ2) is 6.22. The van der Waals surface area contributed by atoms with Crippen molar-refractivity contribution in [3.63, 3.8) is 0 Å². The number of nitrogens with zero attached hydrogens (tertiary/aromatic N) is 1. The SMILES string of the molecule is CC(N)C(c1ccc(Br)s1)N(C)CC1(O)CCCC1. The summed E-state index contributed by atoms with van der Waals surface area (Å²) in [5.74, 6) is 0. The van der Waals surface area contributed by atoms with Gasteiger partial charge in [0.1, 0.15) is 0 Å². The second-order valence-electron chi connectivity index (χ2n) is 5.79. The maximum Gasteiger partial charge on any atom is 0.0774 e. The largest absolute Gasteiger partial charge is 0.389 e. The van der Waals surface area contributed by atoms with Gasteiger partial charge in [0.05, 0.1) is 15.4 Å². The van der Waals surface area contributed by atoms with Crippen LogP contribution in [0.2, 0.25) is 0 Å². The van der Waals surface area contributed by atoms with Gasteiger partial charge >= 0.3 is 0 Å². The van der Waals surface area contributed by atoms with E-state index in [0.29, 0.717) is 6.54 Å². The lowest BCUT2D eigenvalue weighted by Crippen LogP contribution is -2.45. The molecule has 1 aromatic heterocycles. The topological polar surface area (TPSA) is 49.5 Å². The minimum Gasteiger partial charge on any atom is -0.389 e. The highest BCUT2D eigenvalue weighted by Gasteiger charge is 2.35. The van der Waals surface area contributed by atoms with Crippen LogP contribution in [0.15, 0.2) is 15.9 Å². The zero-order valence-electron chi connectivity index (χ0n) is 11.6. The van der Waals surface area contributed by atoms with Crippen molar-refractivity contribution in [1.82, 2.24) is 4.90 Å². The van der Waals surface area contributed by atoms with Crippen molar-refractivity contribution in [3.05, 3.63) is 20.8 Å². The molecule has 0 spiro atoms. The van der Waals surface area contributed by atoms with E-state index >= 15 is 0 Å². The van der Waals surface area contributed by atoms with Gasteiger partial charge in [-0.25, -0.2) is 0 Å².